The summed E-state index contributed by atoms with van der Waals surface area (Å²) in [6.45, 7) is 5.06. The number of amides is 1. The summed E-state index contributed by atoms with van der Waals surface area (Å²) in [5.74, 6) is -0.250. The van der Waals surface area contributed by atoms with Crippen molar-refractivity contribution in [3.8, 4) is 0 Å². The molecule has 8 heteroatoms. The van der Waals surface area contributed by atoms with Crippen molar-refractivity contribution in [3.63, 3.8) is 0 Å². The number of rotatable bonds is 6. The lowest BCUT2D eigenvalue weighted by Gasteiger charge is -2.26. The Labute approximate surface area is 133 Å². The molecule has 1 amide bonds. The van der Waals surface area contributed by atoms with Gasteiger partial charge in [-0.05, 0) is 19.2 Å². The number of nitrogens with one attached hydrogen (secondary N) is 1. The number of ether oxygens (including phenoxy) is 1. The van der Waals surface area contributed by atoms with Crippen LogP contribution in [-0.4, -0.2) is 66.4 Å². The van der Waals surface area contributed by atoms with Crippen LogP contribution in [0.1, 0.15) is 16.9 Å². The van der Waals surface area contributed by atoms with Crippen LogP contribution in [0.25, 0.3) is 0 Å². The highest BCUT2D eigenvalue weighted by Gasteiger charge is 2.14. The van der Waals surface area contributed by atoms with Gasteiger partial charge in [-0.25, -0.2) is 9.97 Å². The zero-order chi connectivity index (χ0) is 15.1. The van der Waals surface area contributed by atoms with Gasteiger partial charge < -0.3 is 10.1 Å². The molecule has 2 heterocycles. The van der Waals surface area contributed by atoms with E-state index < -0.39 is 0 Å². The van der Waals surface area contributed by atoms with Gasteiger partial charge >= 0.3 is 0 Å². The molecule has 1 aromatic heterocycles. The highest BCUT2D eigenvalue weighted by atomic mass is 35.5. The highest BCUT2D eigenvalue weighted by molar-refractivity contribution is 7.98. The summed E-state index contributed by atoms with van der Waals surface area (Å²) in [5, 5.41) is 3.67. The number of carbonyl (C=O) groups excluding carboxylic acids is 1. The third-order valence-electron chi connectivity index (χ3n) is 3.16. The van der Waals surface area contributed by atoms with Gasteiger partial charge in [0.05, 0.1) is 24.4 Å². The van der Waals surface area contributed by atoms with Crippen molar-refractivity contribution in [2.24, 2.45) is 0 Å². The molecule has 6 nitrogen and oxygen atoms in total. The van der Waals surface area contributed by atoms with Crippen LogP contribution in [-0.2, 0) is 4.74 Å². The van der Waals surface area contributed by atoms with E-state index in [-0.39, 0.29) is 16.6 Å². The smallest absolute Gasteiger partial charge is 0.271 e. The van der Waals surface area contributed by atoms with E-state index in [2.05, 4.69) is 20.2 Å². The van der Waals surface area contributed by atoms with Crippen molar-refractivity contribution in [3.05, 3.63) is 16.9 Å². The zero-order valence-corrected chi connectivity index (χ0v) is 13.5. The number of carbonyl (C=O) groups is 1. The van der Waals surface area contributed by atoms with Gasteiger partial charge in [0, 0.05) is 19.6 Å². The summed E-state index contributed by atoms with van der Waals surface area (Å²) in [4.78, 5) is 22.5. The monoisotopic (exact) mass is 330 g/mol. The van der Waals surface area contributed by atoms with Crippen molar-refractivity contribution in [1.29, 1.82) is 0 Å². The number of halogens is 1. The fraction of sp³-hybridized carbons (Fsp3) is 0.615. The van der Waals surface area contributed by atoms with Crippen LogP contribution in [0, 0.1) is 0 Å². The van der Waals surface area contributed by atoms with E-state index in [9.17, 15) is 4.79 Å². The number of hydrogen-bond acceptors (Lipinski definition) is 6. The van der Waals surface area contributed by atoms with Crippen molar-refractivity contribution >= 4 is 29.3 Å². The summed E-state index contributed by atoms with van der Waals surface area (Å²) < 4.78 is 5.29. The van der Waals surface area contributed by atoms with Gasteiger partial charge in [0.25, 0.3) is 5.91 Å². The minimum atomic E-state index is -0.250. The van der Waals surface area contributed by atoms with Gasteiger partial charge in [0.2, 0.25) is 0 Å². The molecule has 21 heavy (non-hydrogen) atoms. The molecule has 0 atom stereocenters. The second-order valence-electron chi connectivity index (χ2n) is 4.62. The zero-order valence-electron chi connectivity index (χ0n) is 12.0. The van der Waals surface area contributed by atoms with Gasteiger partial charge in [-0.3, -0.25) is 9.69 Å². The van der Waals surface area contributed by atoms with Gasteiger partial charge in [-0.15, -0.1) is 0 Å². The molecular weight excluding hydrogens is 312 g/mol. The number of nitrogens with zero attached hydrogens (tertiary/aromatic N) is 3. The molecule has 0 spiro atoms. The van der Waals surface area contributed by atoms with E-state index in [0.717, 1.165) is 39.3 Å². The van der Waals surface area contributed by atoms with Crippen LogP contribution in [0.15, 0.2) is 11.4 Å². The number of hydrogen-bond donors (Lipinski definition) is 1. The number of morpholine rings is 1. The van der Waals surface area contributed by atoms with Crippen LogP contribution in [0.2, 0.25) is 5.02 Å². The second-order valence-corrected chi connectivity index (χ2v) is 5.80. The Morgan fingerprint density at radius 1 is 1.52 bits per heavy atom. The molecule has 116 valence electrons. The molecule has 1 saturated heterocycles. The second kappa shape index (κ2) is 8.53. The molecule has 0 aromatic carbocycles. The summed E-state index contributed by atoms with van der Waals surface area (Å²) in [7, 11) is 0. The van der Waals surface area contributed by atoms with E-state index >= 15 is 0 Å². The van der Waals surface area contributed by atoms with Crippen LogP contribution in [0.3, 0.4) is 0 Å². The quantitative estimate of drug-likeness (QED) is 0.482. The molecule has 1 aromatic rings. The fourth-order valence-electron chi connectivity index (χ4n) is 2.02. The van der Waals surface area contributed by atoms with Crippen LogP contribution in [0.5, 0.6) is 0 Å². The van der Waals surface area contributed by atoms with Crippen LogP contribution >= 0.6 is 23.4 Å². The molecule has 0 bridgehead atoms. The fourth-order valence-corrected chi connectivity index (χ4v) is 2.54. The Bertz CT molecular complexity index is 483. The first-order chi connectivity index (χ1) is 10.2. The average Bonchev–Trinajstić information content (AvgIpc) is 2.53. The van der Waals surface area contributed by atoms with Crippen molar-refractivity contribution in [2.45, 2.75) is 11.6 Å². The molecule has 1 N–H and O–H groups in total. The predicted molar refractivity (Wildman–Crippen MR) is 83.0 cm³/mol. The van der Waals surface area contributed by atoms with Crippen molar-refractivity contribution in [1.82, 2.24) is 20.2 Å². The first-order valence-corrected chi connectivity index (χ1v) is 8.46. The molecule has 0 radical (unpaired) electrons. The third kappa shape index (κ3) is 5.10. The standard InChI is InChI=1S/C13H19ClN4O2S/c1-21-13-16-9-10(14)11(17-13)12(19)15-3-2-4-18-5-7-20-8-6-18/h9H,2-8H2,1H3,(H,15,19). The van der Waals surface area contributed by atoms with E-state index in [1.165, 1.54) is 18.0 Å². The molecule has 0 unspecified atom stereocenters. The molecule has 0 aliphatic carbocycles. The molecule has 1 fully saturated rings. The van der Waals surface area contributed by atoms with Crippen LogP contribution in [0.4, 0.5) is 0 Å². The minimum Gasteiger partial charge on any atom is -0.379 e. The lowest BCUT2D eigenvalue weighted by molar-refractivity contribution is 0.0374. The largest absolute Gasteiger partial charge is 0.379 e. The Morgan fingerprint density at radius 3 is 3.00 bits per heavy atom. The summed E-state index contributed by atoms with van der Waals surface area (Å²) in [5.41, 5.74) is 0.238. The lowest BCUT2D eigenvalue weighted by atomic mass is 10.3. The minimum absolute atomic E-state index is 0.238. The van der Waals surface area contributed by atoms with E-state index in [0.29, 0.717) is 11.7 Å². The highest BCUT2D eigenvalue weighted by Crippen LogP contribution is 2.16. The maximum absolute atomic E-state index is 12.1. The van der Waals surface area contributed by atoms with Gasteiger partial charge in [-0.1, -0.05) is 23.4 Å². The Morgan fingerprint density at radius 2 is 2.29 bits per heavy atom. The van der Waals surface area contributed by atoms with E-state index in [1.54, 1.807) is 0 Å². The Kier molecular flexibility index (Phi) is 6.69. The molecule has 0 saturated carbocycles. The summed E-state index contributed by atoms with van der Waals surface area (Å²) >= 11 is 7.34. The molecule has 1 aliphatic heterocycles. The van der Waals surface area contributed by atoms with Crippen molar-refractivity contribution < 1.29 is 9.53 Å². The van der Waals surface area contributed by atoms with Crippen molar-refractivity contribution in [2.75, 3.05) is 45.6 Å². The number of aromatic nitrogens is 2. The molecule has 1 aliphatic rings. The SMILES string of the molecule is CSc1ncc(Cl)c(C(=O)NCCCN2CCOCC2)n1. The summed E-state index contributed by atoms with van der Waals surface area (Å²) in [6, 6.07) is 0. The predicted octanol–water partition coefficient (Wildman–Crippen LogP) is 1.30. The Balaban J connectivity index is 1.76. The first-order valence-electron chi connectivity index (χ1n) is 6.85. The lowest BCUT2D eigenvalue weighted by Crippen LogP contribution is -2.38. The maximum Gasteiger partial charge on any atom is 0.271 e. The van der Waals surface area contributed by atoms with Gasteiger partial charge in [0.15, 0.2) is 10.9 Å². The van der Waals surface area contributed by atoms with Crippen LogP contribution < -0.4 is 5.32 Å². The third-order valence-corrected chi connectivity index (χ3v) is 4.00. The first kappa shape index (κ1) is 16.5. The number of thioether (sulfide) groups is 1. The molecular formula is C13H19ClN4O2S. The maximum atomic E-state index is 12.1. The Hall–Kier alpha value is -0.890. The average molecular weight is 331 g/mol. The topological polar surface area (TPSA) is 67.4 Å². The van der Waals surface area contributed by atoms with Gasteiger partial charge in [-0.2, -0.15) is 0 Å². The van der Waals surface area contributed by atoms with E-state index in [4.69, 9.17) is 16.3 Å². The molecule has 2 rings (SSSR count). The summed E-state index contributed by atoms with van der Waals surface area (Å²) in [6.07, 6.45) is 4.21. The van der Waals surface area contributed by atoms with Gasteiger partial charge in [0.1, 0.15) is 0 Å². The van der Waals surface area contributed by atoms with E-state index in [1.807, 2.05) is 6.26 Å². The normalized spacial score (nSPS) is 15.9.